The topological polar surface area (TPSA) is 44.5 Å². The summed E-state index contributed by atoms with van der Waals surface area (Å²) in [4.78, 5) is 0. The Bertz CT molecular complexity index is 364. The Labute approximate surface area is 102 Å². The van der Waals surface area contributed by atoms with Crippen LogP contribution in [0.4, 0.5) is 4.39 Å². The Kier molecular flexibility index (Phi) is 4.90. The highest BCUT2D eigenvalue weighted by Crippen LogP contribution is 2.23. The number of benzene rings is 1. The predicted octanol–water partition coefficient (Wildman–Crippen LogP) is 2.48. The molecule has 0 radical (unpaired) electrons. The van der Waals surface area contributed by atoms with Gasteiger partial charge < -0.3 is 15.2 Å². The van der Waals surface area contributed by atoms with Gasteiger partial charge in [-0.1, -0.05) is 19.1 Å². The lowest BCUT2D eigenvalue weighted by atomic mass is 10.0. The van der Waals surface area contributed by atoms with Crippen molar-refractivity contribution in [3.8, 4) is 5.75 Å². The third-order valence-corrected chi connectivity index (χ3v) is 3.02. The Morgan fingerprint density at radius 1 is 1.41 bits per heavy atom. The smallest absolute Gasteiger partial charge is 0.170 e. The van der Waals surface area contributed by atoms with E-state index in [0.717, 1.165) is 6.42 Å². The summed E-state index contributed by atoms with van der Waals surface area (Å²) >= 11 is 0. The molecule has 0 heterocycles. The van der Waals surface area contributed by atoms with E-state index in [4.69, 9.17) is 15.2 Å². The minimum atomic E-state index is -0.407. The summed E-state index contributed by atoms with van der Waals surface area (Å²) in [5, 5.41) is 0. The van der Waals surface area contributed by atoms with Crippen molar-refractivity contribution in [1.29, 1.82) is 0 Å². The van der Waals surface area contributed by atoms with Gasteiger partial charge in [-0.2, -0.15) is 0 Å². The van der Waals surface area contributed by atoms with Gasteiger partial charge >= 0.3 is 0 Å². The van der Waals surface area contributed by atoms with Crippen molar-refractivity contribution in [2.75, 3.05) is 13.7 Å². The Hall–Kier alpha value is -1.13. The molecule has 0 aliphatic rings. The van der Waals surface area contributed by atoms with Gasteiger partial charge in [-0.05, 0) is 19.4 Å². The minimum Gasteiger partial charge on any atom is -0.494 e. The zero-order chi connectivity index (χ0) is 12.9. The highest BCUT2D eigenvalue weighted by molar-refractivity contribution is 5.30. The molecular formula is C13H20FNO2. The molecule has 0 aromatic heterocycles. The molecule has 96 valence electrons. The Morgan fingerprint density at radius 2 is 2.12 bits per heavy atom. The van der Waals surface area contributed by atoms with E-state index < -0.39 is 5.60 Å². The molecule has 0 amide bonds. The summed E-state index contributed by atoms with van der Waals surface area (Å²) in [6, 6.07) is 5.01. The molecule has 0 aliphatic carbocycles. The maximum atomic E-state index is 13.8. The van der Waals surface area contributed by atoms with Crippen LogP contribution in [0.2, 0.25) is 0 Å². The second-order valence-corrected chi connectivity index (χ2v) is 4.23. The summed E-state index contributed by atoms with van der Waals surface area (Å²) in [6.07, 6.45) is 0.787. The van der Waals surface area contributed by atoms with Crippen LogP contribution in [-0.4, -0.2) is 19.3 Å². The third kappa shape index (κ3) is 3.41. The standard InChI is InChI=1S/C13H20FNO2/c1-4-13(2,9-15)17-8-10-6-5-7-11(16-3)12(10)14/h5-7H,4,8-9,15H2,1-3H3. The quantitative estimate of drug-likeness (QED) is 0.832. The molecule has 0 spiro atoms. The van der Waals surface area contributed by atoms with Crippen LogP contribution < -0.4 is 10.5 Å². The van der Waals surface area contributed by atoms with E-state index in [1.54, 1.807) is 18.2 Å². The Morgan fingerprint density at radius 3 is 2.65 bits per heavy atom. The second-order valence-electron chi connectivity index (χ2n) is 4.23. The van der Waals surface area contributed by atoms with E-state index in [-0.39, 0.29) is 18.2 Å². The van der Waals surface area contributed by atoms with E-state index in [9.17, 15) is 4.39 Å². The molecule has 1 aromatic rings. The van der Waals surface area contributed by atoms with Crippen molar-refractivity contribution in [3.05, 3.63) is 29.6 Å². The van der Waals surface area contributed by atoms with E-state index in [1.165, 1.54) is 7.11 Å². The molecule has 0 saturated carbocycles. The number of nitrogens with two attached hydrogens (primary N) is 1. The molecule has 4 heteroatoms. The largest absolute Gasteiger partial charge is 0.494 e. The van der Waals surface area contributed by atoms with Crippen LogP contribution in [0.25, 0.3) is 0 Å². The van der Waals surface area contributed by atoms with E-state index >= 15 is 0 Å². The molecule has 17 heavy (non-hydrogen) atoms. The summed E-state index contributed by atoms with van der Waals surface area (Å²) in [5.74, 6) is -0.137. The van der Waals surface area contributed by atoms with Crippen LogP contribution in [0.1, 0.15) is 25.8 Å². The molecule has 1 aromatic carbocycles. The summed E-state index contributed by atoms with van der Waals surface area (Å²) in [7, 11) is 1.44. The summed E-state index contributed by atoms with van der Waals surface area (Å²) in [6.45, 7) is 4.53. The molecule has 0 saturated heterocycles. The van der Waals surface area contributed by atoms with Crippen LogP contribution in [-0.2, 0) is 11.3 Å². The van der Waals surface area contributed by atoms with E-state index in [1.807, 2.05) is 13.8 Å². The van der Waals surface area contributed by atoms with Gasteiger partial charge in [0.2, 0.25) is 0 Å². The van der Waals surface area contributed by atoms with E-state index in [2.05, 4.69) is 0 Å². The van der Waals surface area contributed by atoms with E-state index in [0.29, 0.717) is 12.1 Å². The molecule has 1 atom stereocenters. The lowest BCUT2D eigenvalue weighted by Crippen LogP contribution is -2.36. The lowest BCUT2D eigenvalue weighted by molar-refractivity contribution is -0.0398. The number of ether oxygens (including phenoxy) is 2. The molecule has 1 rings (SSSR count). The van der Waals surface area contributed by atoms with Crippen molar-refractivity contribution >= 4 is 0 Å². The van der Waals surface area contributed by atoms with Crippen molar-refractivity contribution < 1.29 is 13.9 Å². The molecule has 2 N–H and O–H groups in total. The zero-order valence-corrected chi connectivity index (χ0v) is 10.6. The zero-order valence-electron chi connectivity index (χ0n) is 10.6. The summed E-state index contributed by atoms with van der Waals surface area (Å²) in [5.41, 5.74) is 5.71. The van der Waals surface area contributed by atoms with Crippen LogP contribution in [0.3, 0.4) is 0 Å². The molecule has 0 fully saturated rings. The first-order valence-corrected chi connectivity index (χ1v) is 5.71. The maximum absolute atomic E-state index is 13.8. The molecule has 3 nitrogen and oxygen atoms in total. The minimum absolute atomic E-state index is 0.199. The Balaban J connectivity index is 2.76. The highest BCUT2D eigenvalue weighted by Gasteiger charge is 2.21. The van der Waals surface area contributed by atoms with Crippen molar-refractivity contribution in [2.45, 2.75) is 32.5 Å². The number of methoxy groups -OCH3 is 1. The number of hydrogen-bond acceptors (Lipinski definition) is 3. The monoisotopic (exact) mass is 241 g/mol. The first kappa shape index (κ1) is 13.9. The number of rotatable bonds is 6. The SMILES string of the molecule is CCC(C)(CN)OCc1cccc(OC)c1F. The van der Waals surface area contributed by atoms with Crippen molar-refractivity contribution in [1.82, 2.24) is 0 Å². The first-order valence-electron chi connectivity index (χ1n) is 5.71. The van der Waals surface area contributed by atoms with Gasteiger partial charge in [-0.3, -0.25) is 0 Å². The normalized spacial score (nSPS) is 14.4. The van der Waals surface area contributed by atoms with Gasteiger partial charge in [0.1, 0.15) is 0 Å². The number of halogens is 1. The van der Waals surface area contributed by atoms with Crippen LogP contribution in [0.15, 0.2) is 18.2 Å². The summed E-state index contributed by atoms with van der Waals surface area (Å²) < 4.78 is 24.4. The number of hydrogen-bond donors (Lipinski definition) is 1. The predicted molar refractivity (Wildman–Crippen MR) is 65.5 cm³/mol. The van der Waals surface area contributed by atoms with Gasteiger partial charge in [0.15, 0.2) is 11.6 Å². The van der Waals surface area contributed by atoms with Gasteiger partial charge in [0.05, 0.1) is 19.3 Å². The average Bonchev–Trinajstić information content (AvgIpc) is 2.37. The van der Waals surface area contributed by atoms with Crippen molar-refractivity contribution in [2.24, 2.45) is 5.73 Å². The van der Waals surface area contributed by atoms with Gasteiger partial charge in [0, 0.05) is 12.1 Å². The fraction of sp³-hybridized carbons (Fsp3) is 0.538. The maximum Gasteiger partial charge on any atom is 0.170 e. The molecular weight excluding hydrogens is 221 g/mol. The third-order valence-electron chi connectivity index (χ3n) is 3.02. The molecule has 0 bridgehead atoms. The second kappa shape index (κ2) is 5.98. The van der Waals surface area contributed by atoms with Gasteiger partial charge in [0.25, 0.3) is 0 Å². The van der Waals surface area contributed by atoms with Crippen molar-refractivity contribution in [3.63, 3.8) is 0 Å². The lowest BCUT2D eigenvalue weighted by Gasteiger charge is -2.27. The van der Waals surface area contributed by atoms with Crippen LogP contribution >= 0.6 is 0 Å². The fourth-order valence-corrected chi connectivity index (χ4v) is 1.38. The van der Waals surface area contributed by atoms with Gasteiger partial charge in [-0.15, -0.1) is 0 Å². The van der Waals surface area contributed by atoms with Gasteiger partial charge in [-0.25, -0.2) is 4.39 Å². The van der Waals surface area contributed by atoms with Crippen LogP contribution in [0.5, 0.6) is 5.75 Å². The molecule has 0 aliphatic heterocycles. The first-order chi connectivity index (χ1) is 8.06. The molecule has 1 unspecified atom stereocenters. The van der Waals surface area contributed by atoms with Crippen LogP contribution in [0, 0.1) is 5.82 Å². The highest BCUT2D eigenvalue weighted by atomic mass is 19.1. The average molecular weight is 241 g/mol. The fourth-order valence-electron chi connectivity index (χ4n) is 1.38.